The Kier molecular flexibility index (Phi) is 2.89. The van der Waals surface area contributed by atoms with E-state index in [2.05, 4.69) is 15.4 Å². The third kappa shape index (κ3) is 2.22. The largest absolute Gasteiger partial charge is 0.366 e. The van der Waals surface area contributed by atoms with Gasteiger partial charge in [-0.05, 0) is 31.7 Å². The fourth-order valence-electron chi connectivity index (χ4n) is 2.36. The Morgan fingerprint density at radius 2 is 2.06 bits per heavy atom. The molecule has 1 fully saturated rings. The van der Waals surface area contributed by atoms with Crippen molar-refractivity contribution in [1.29, 1.82) is 0 Å². The molecule has 2 aromatic rings. The van der Waals surface area contributed by atoms with E-state index in [0.717, 1.165) is 37.0 Å². The smallest absolute Gasteiger partial charge is 0.152 e. The molecule has 0 saturated heterocycles. The summed E-state index contributed by atoms with van der Waals surface area (Å²) in [5.41, 5.74) is 1.03. The van der Waals surface area contributed by atoms with E-state index in [9.17, 15) is 0 Å². The molecular weight excluding hydrogens is 236 g/mol. The predicted octanol–water partition coefficient (Wildman–Crippen LogP) is 2.69. The molecule has 0 atom stereocenters. The first-order chi connectivity index (χ1) is 8.33. The highest BCUT2D eigenvalue weighted by atomic mass is 35.5. The average Bonchev–Trinajstić information content (AvgIpc) is 2.81. The summed E-state index contributed by atoms with van der Waals surface area (Å²) in [7, 11) is 0. The molecule has 1 aliphatic carbocycles. The highest BCUT2D eigenvalue weighted by Gasteiger charge is 2.20. The Morgan fingerprint density at radius 1 is 1.24 bits per heavy atom. The van der Waals surface area contributed by atoms with Crippen LogP contribution in [0.25, 0.3) is 5.52 Å². The van der Waals surface area contributed by atoms with Gasteiger partial charge in [0, 0.05) is 23.8 Å². The van der Waals surface area contributed by atoms with Gasteiger partial charge in [-0.2, -0.15) is 5.10 Å². The quantitative estimate of drug-likeness (QED) is 0.834. The van der Waals surface area contributed by atoms with E-state index < -0.39 is 0 Å². The molecule has 0 aliphatic heterocycles. The number of nitrogens with zero attached hydrogens (tertiary/aromatic N) is 3. The molecule has 0 unspecified atom stereocenters. The first-order valence-corrected chi connectivity index (χ1v) is 6.45. The summed E-state index contributed by atoms with van der Waals surface area (Å²) in [6, 6.07) is 2.46. The maximum Gasteiger partial charge on any atom is 0.152 e. The summed E-state index contributed by atoms with van der Waals surface area (Å²) in [5.74, 6) is 0.919. The lowest BCUT2D eigenvalue weighted by Crippen LogP contribution is -2.26. The molecule has 1 saturated carbocycles. The van der Waals surface area contributed by atoms with Crippen molar-refractivity contribution < 1.29 is 0 Å². The highest BCUT2D eigenvalue weighted by Crippen LogP contribution is 2.25. The first kappa shape index (κ1) is 10.8. The second-order valence-corrected chi connectivity index (χ2v) is 5.15. The fourth-order valence-corrected chi connectivity index (χ4v) is 2.61. The molecule has 5 heteroatoms. The van der Waals surface area contributed by atoms with Gasteiger partial charge in [0.1, 0.15) is 5.52 Å². The zero-order valence-corrected chi connectivity index (χ0v) is 10.3. The molecule has 0 amide bonds. The molecule has 2 heterocycles. The van der Waals surface area contributed by atoms with Crippen LogP contribution >= 0.6 is 11.6 Å². The van der Waals surface area contributed by atoms with Crippen molar-refractivity contribution in [3.8, 4) is 0 Å². The molecule has 90 valence electrons. The molecule has 0 aromatic carbocycles. The Labute approximate surface area is 105 Å². The molecule has 17 heavy (non-hydrogen) atoms. The summed E-state index contributed by atoms with van der Waals surface area (Å²) in [4.78, 5) is 4.39. The van der Waals surface area contributed by atoms with Gasteiger partial charge in [-0.3, -0.25) is 0 Å². The maximum absolute atomic E-state index is 6.11. The second-order valence-electron chi connectivity index (χ2n) is 4.53. The van der Waals surface area contributed by atoms with E-state index in [4.69, 9.17) is 11.6 Å². The Hall–Kier alpha value is -1.29. The molecule has 0 bridgehead atoms. The van der Waals surface area contributed by atoms with Gasteiger partial charge in [-0.25, -0.2) is 9.50 Å². The maximum atomic E-state index is 6.11. The SMILES string of the molecule is ClC1CCC(Nc2nccn3nccc23)CC1. The monoisotopic (exact) mass is 250 g/mol. The first-order valence-electron chi connectivity index (χ1n) is 6.02. The number of aromatic nitrogens is 3. The Balaban J connectivity index is 1.78. The number of halogens is 1. The molecule has 0 radical (unpaired) electrons. The van der Waals surface area contributed by atoms with E-state index >= 15 is 0 Å². The number of fused-ring (bicyclic) bond motifs is 1. The number of nitrogens with one attached hydrogen (secondary N) is 1. The van der Waals surface area contributed by atoms with Crippen LogP contribution in [0.4, 0.5) is 5.82 Å². The molecular formula is C12H15ClN4. The summed E-state index contributed by atoms with van der Waals surface area (Å²) >= 11 is 6.11. The number of alkyl halides is 1. The predicted molar refractivity (Wildman–Crippen MR) is 68.5 cm³/mol. The molecule has 3 rings (SSSR count). The average molecular weight is 251 g/mol. The van der Waals surface area contributed by atoms with Crippen LogP contribution in [-0.2, 0) is 0 Å². The molecule has 1 N–H and O–H groups in total. The van der Waals surface area contributed by atoms with Crippen LogP contribution in [0.5, 0.6) is 0 Å². The molecule has 1 aliphatic rings. The molecule has 0 spiro atoms. The lowest BCUT2D eigenvalue weighted by molar-refractivity contribution is 0.468. The highest BCUT2D eigenvalue weighted by molar-refractivity contribution is 6.20. The standard InChI is InChI=1S/C12H15ClN4/c13-9-1-3-10(4-2-9)16-12-11-5-6-15-17(11)8-7-14-12/h5-10H,1-4H2,(H,14,16). The lowest BCUT2D eigenvalue weighted by atomic mass is 9.95. The van der Waals surface area contributed by atoms with Gasteiger partial charge in [0.25, 0.3) is 0 Å². The number of hydrogen-bond acceptors (Lipinski definition) is 3. The van der Waals surface area contributed by atoms with E-state index in [-0.39, 0.29) is 0 Å². The van der Waals surface area contributed by atoms with Crippen molar-refractivity contribution >= 4 is 22.9 Å². The van der Waals surface area contributed by atoms with Gasteiger partial charge in [0.15, 0.2) is 5.82 Å². The van der Waals surface area contributed by atoms with Gasteiger partial charge < -0.3 is 5.32 Å². The minimum Gasteiger partial charge on any atom is -0.366 e. The minimum atomic E-state index is 0.353. The summed E-state index contributed by atoms with van der Waals surface area (Å²) in [6.07, 6.45) is 9.82. The molecule has 2 aromatic heterocycles. The van der Waals surface area contributed by atoms with Gasteiger partial charge in [0.2, 0.25) is 0 Å². The van der Waals surface area contributed by atoms with Crippen LogP contribution in [0.2, 0.25) is 0 Å². The number of rotatable bonds is 2. The fraction of sp³-hybridized carbons (Fsp3) is 0.500. The zero-order valence-electron chi connectivity index (χ0n) is 9.51. The van der Waals surface area contributed by atoms with Crippen molar-refractivity contribution in [3.05, 3.63) is 24.7 Å². The minimum absolute atomic E-state index is 0.353. The van der Waals surface area contributed by atoms with E-state index in [1.54, 1.807) is 12.4 Å². The summed E-state index contributed by atoms with van der Waals surface area (Å²) in [6.45, 7) is 0. The van der Waals surface area contributed by atoms with E-state index in [1.165, 1.54) is 0 Å². The van der Waals surface area contributed by atoms with Crippen LogP contribution < -0.4 is 5.32 Å². The molecule has 4 nitrogen and oxygen atoms in total. The van der Waals surface area contributed by atoms with Crippen LogP contribution in [-0.4, -0.2) is 26.0 Å². The Bertz CT molecular complexity index is 502. The van der Waals surface area contributed by atoms with Crippen molar-refractivity contribution in [3.63, 3.8) is 0 Å². The number of anilines is 1. The van der Waals surface area contributed by atoms with Crippen LogP contribution in [0.3, 0.4) is 0 Å². The summed E-state index contributed by atoms with van der Waals surface area (Å²) < 4.78 is 1.84. The third-order valence-corrected chi connectivity index (χ3v) is 3.76. The van der Waals surface area contributed by atoms with E-state index in [1.807, 2.05) is 16.8 Å². The van der Waals surface area contributed by atoms with Gasteiger partial charge in [0.05, 0.1) is 6.20 Å². The Morgan fingerprint density at radius 3 is 2.88 bits per heavy atom. The second kappa shape index (κ2) is 4.53. The summed E-state index contributed by atoms with van der Waals surface area (Å²) in [5, 5.41) is 8.05. The van der Waals surface area contributed by atoms with Crippen molar-refractivity contribution in [2.45, 2.75) is 37.1 Å². The van der Waals surface area contributed by atoms with Crippen molar-refractivity contribution in [2.75, 3.05) is 5.32 Å². The normalized spacial score (nSPS) is 25.0. The number of hydrogen-bond donors (Lipinski definition) is 1. The topological polar surface area (TPSA) is 42.2 Å². The lowest BCUT2D eigenvalue weighted by Gasteiger charge is -2.26. The van der Waals surface area contributed by atoms with Crippen LogP contribution in [0.15, 0.2) is 24.7 Å². The van der Waals surface area contributed by atoms with Gasteiger partial charge in [-0.15, -0.1) is 11.6 Å². The van der Waals surface area contributed by atoms with Crippen LogP contribution in [0, 0.1) is 0 Å². The van der Waals surface area contributed by atoms with E-state index in [0.29, 0.717) is 11.4 Å². The van der Waals surface area contributed by atoms with Crippen molar-refractivity contribution in [2.24, 2.45) is 0 Å². The van der Waals surface area contributed by atoms with Gasteiger partial charge >= 0.3 is 0 Å². The van der Waals surface area contributed by atoms with Gasteiger partial charge in [-0.1, -0.05) is 0 Å². The zero-order chi connectivity index (χ0) is 11.7. The van der Waals surface area contributed by atoms with Crippen molar-refractivity contribution in [1.82, 2.24) is 14.6 Å². The third-order valence-electron chi connectivity index (χ3n) is 3.32. The van der Waals surface area contributed by atoms with Crippen LogP contribution in [0.1, 0.15) is 25.7 Å².